The van der Waals surface area contributed by atoms with Crippen molar-refractivity contribution in [1.29, 1.82) is 0 Å². The van der Waals surface area contributed by atoms with E-state index in [-0.39, 0.29) is 51.8 Å². The zero-order valence-corrected chi connectivity index (χ0v) is 44.2. The van der Waals surface area contributed by atoms with Crippen molar-refractivity contribution in [1.82, 2.24) is 15.0 Å². The SMILES string of the molecule is CCCCCCCCCCCCOOCc1ccc(Cl)c(NC(=O)C(C(=O)Nc2cc(C(=O)OCCCCCCCCCCCC)ccc2Cl)n2nncc2SC(C)C(=O)OCc2ccc(Cl)cc2)c1. The first-order valence-electron chi connectivity index (χ1n) is 25.1. The number of thioether (sulfide) groups is 1. The van der Waals surface area contributed by atoms with Gasteiger partial charge in [0.05, 0.1) is 46.4 Å². The Kier molecular flexibility index (Phi) is 28.6. The fourth-order valence-corrected chi connectivity index (χ4v) is 8.82. The summed E-state index contributed by atoms with van der Waals surface area (Å²) < 4.78 is 12.2. The molecule has 0 aliphatic heterocycles. The van der Waals surface area contributed by atoms with Crippen molar-refractivity contribution in [3.8, 4) is 0 Å². The molecule has 1 aromatic heterocycles. The number of unbranched alkanes of at least 4 members (excludes halogenated alkanes) is 18. The second-order valence-corrected chi connectivity index (χ2v) is 20.1. The van der Waals surface area contributed by atoms with Crippen molar-refractivity contribution in [2.24, 2.45) is 0 Å². The number of benzene rings is 3. The molecule has 0 bridgehead atoms. The minimum Gasteiger partial charge on any atom is -0.462 e. The highest BCUT2D eigenvalue weighted by Gasteiger charge is 2.34. The molecule has 0 aliphatic rings. The molecule has 0 spiro atoms. The van der Waals surface area contributed by atoms with Gasteiger partial charge in [0.1, 0.15) is 23.5 Å². The standard InChI is InChI=1S/C53H72Cl3N5O8S/c1-4-6-8-10-12-14-16-18-20-22-32-66-53(65)42-27-31-45(56)47(35-42)59-51(63)49(61-48(36-57-60-61)70-39(3)52(64)67-37-40-24-28-43(54)29-25-40)50(62)58-46-34-41(26-30-44(46)55)38-69-68-33-23-21-19-17-15-13-11-9-7-5-2/h24-31,34-36,39,49H,4-23,32-33,37-38H2,1-3H3,(H,58,62)(H,59,63). The maximum absolute atomic E-state index is 14.4. The number of hydrogen-bond donors (Lipinski definition) is 2. The average Bonchev–Trinajstić information content (AvgIpc) is 3.80. The monoisotopic (exact) mass is 1040 g/mol. The summed E-state index contributed by atoms with van der Waals surface area (Å²) in [7, 11) is 0. The van der Waals surface area contributed by atoms with E-state index in [9.17, 15) is 19.2 Å². The number of ether oxygens (including phenoxy) is 2. The van der Waals surface area contributed by atoms with Gasteiger partial charge in [0, 0.05) is 5.02 Å². The lowest BCUT2D eigenvalue weighted by molar-refractivity contribution is -0.304. The van der Waals surface area contributed by atoms with Crippen LogP contribution in [0.4, 0.5) is 11.4 Å². The molecule has 0 saturated heterocycles. The molecule has 17 heteroatoms. The van der Waals surface area contributed by atoms with Crippen molar-refractivity contribution in [2.75, 3.05) is 23.8 Å². The number of carbonyl (C=O) groups excluding carboxylic acids is 4. The summed E-state index contributed by atoms with van der Waals surface area (Å²) in [4.78, 5) is 66.0. The molecule has 2 amide bonds. The first kappa shape index (κ1) is 58.4. The molecule has 1 heterocycles. The number of amides is 2. The number of esters is 2. The fourth-order valence-electron chi connectivity index (χ4n) is 7.48. The highest BCUT2D eigenvalue weighted by Crippen LogP contribution is 2.31. The van der Waals surface area contributed by atoms with Crippen molar-refractivity contribution in [2.45, 2.75) is 179 Å². The molecule has 4 aromatic rings. The van der Waals surface area contributed by atoms with Crippen LogP contribution in [0.25, 0.3) is 0 Å². The van der Waals surface area contributed by atoms with E-state index in [0.29, 0.717) is 17.2 Å². The fraction of sp³-hybridized carbons (Fsp3) is 0.547. The van der Waals surface area contributed by atoms with E-state index in [0.717, 1.165) is 67.0 Å². The van der Waals surface area contributed by atoms with Gasteiger partial charge in [-0.15, -0.1) is 5.10 Å². The maximum atomic E-state index is 14.4. The largest absolute Gasteiger partial charge is 0.462 e. The lowest BCUT2D eigenvalue weighted by atomic mass is 10.1. The van der Waals surface area contributed by atoms with E-state index >= 15 is 0 Å². The van der Waals surface area contributed by atoms with Gasteiger partial charge in [-0.25, -0.2) is 19.3 Å². The molecule has 2 atom stereocenters. The minimum atomic E-state index is -1.73. The van der Waals surface area contributed by atoms with Crippen LogP contribution >= 0.6 is 46.6 Å². The summed E-state index contributed by atoms with van der Waals surface area (Å²) in [5.41, 5.74) is 1.80. The Morgan fingerprint density at radius 1 is 0.600 bits per heavy atom. The van der Waals surface area contributed by atoms with Crippen LogP contribution in [0.3, 0.4) is 0 Å². The highest BCUT2D eigenvalue weighted by atomic mass is 35.5. The topological polar surface area (TPSA) is 160 Å². The first-order valence-corrected chi connectivity index (χ1v) is 27.1. The van der Waals surface area contributed by atoms with E-state index in [4.69, 9.17) is 54.1 Å². The molecule has 2 N–H and O–H groups in total. The smallest absolute Gasteiger partial charge is 0.338 e. The number of hydrogen-bond acceptors (Lipinski definition) is 11. The molecular weight excluding hydrogens is 973 g/mol. The molecule has 0 aliphatic carbocycles. The Balaban J connectivity index is 1.41. The lowest BCUT2D eigenvalue weighted by Gasteiger charge is -2.20. The number of aromatic nitrogens is 3. The second kappa shape index (κ2) is 34.2. The molecule has 70 heavy (non-hydrogen) atoms. The molecule has 0 fully saturated rings. The predicted molar refractivity (Wildman–Crippen MR) is 281 cm³/mol. The molecule has 0 saturated carbocycles. The third-order valence-electron chi connectivity index (χ3n) is 11.6. The third kappa shape index (κ3) is 22.1. The van der Waals surface area contributed by atoms with Crippen LogP contribution in [-0.4, -0.2) is 57.2 Å². The van der Waals surface area contributed by atoms with Gasteiger partial charge < -0.3 is 20.1 Å². The average molecular weight is 1050 g/mol. The van der Waals surface area contributed by atoms with E-state index < -0.39 is 35.0 Å². The van der Waals surface area contributed by atoms with Crippen molar-refractivity contribution in [3.63, 3.8) is 0 Å². The summed E-state index contributed by atoms with van der Waals surface area (Å²) in [6.45, 7) is 6.86. The molecule has 4 rings (SSSR count). The quantitative estimate of drug-likeness (QED) is 0.0111. The van der Waals surface area contributed by atoms with Crippen LogP contribution in [-0.2, 0) is 46.8 Å². The van der Waals surface area contributed by atoms with E-state index in [2.05, 4.69) is 34.8 Å². The highest BCUT2D eigenvalue weighted by molar-refractivity contribution is 8.00. The molecule has 13 nitrogen and oxygen atoms in total. The number of anilines is 2. The summed E-state index contributed by atoms with van der Waals surface area (Å²) >= 11 is 20.2. The molecular formula is C53H72Cl3N5O8S. The van der Waals surface area contributed by atoms with Crippen molar-refractivity contribution < 1.29 is 38.4 Å². The summed E-state index contributed by atoms with van der Waals surface area (Å²) in [6, 6.07) is 14.5. The molecule has 3 aromatic carbocycles. The van der Waals surface area contributed by atoms with Crippen LogP contribution < -0.4 is 10.6 Å². The van der Waals surface area contributed by atoms with Gasteiger partial charge in [-0.1, -0.05) is 199 Å². The van der Waals surface area contributed by atoms with Gasteiger partial charge in [0.15, 0.2) is 0 Å². The first-order chi connectivity index (χ1) is 34.0. The zero-order valence-electron chi connectivity index (χ0n) is 41.1. The number of nitrogens with zero attached hydrogens (tertiary/aromatic N) is 3. The van der Waals surface area contributed by atoms with Crippen LogP contribution in [0.2, 0.25) is 15.1 Å². The van der Waals surface area contributed by atoms with Gasteiger partial charge in [0.25, 0.3) is 11.8 Å². The van der Waals surface area contributed by atoms with Crippen LogP contribution in [0, 0.1) is 0 Å². The Morgan fingerprint density at radius 3 is 1.70 bits per heavy atom. The van der Waals surface area contributed by atoms with Crippen LogP contribution in [0.15, 0.2) is 71.9 Å². The van der Waals surface area contributed by atoms with E-state index in [1.54, 1.807) is 49.4 Å². The molecule has 0 radical (unpaired) electrons. The Bertz CT molecular complexity index is 2180. The summed E-state index contributed by atoms with van der Waals surface area (Å²) in [6.07, 6.45) is 24.9. The normalized spacial score (nSPS) is 12.1. The zero-order chi connectivity index (χ0) is 50.4. The van der Waals surface area contributed by atoms with Crippen molar-refractivity contribution >= 4 is 81.7 Å². The maximum Gasteiger partial charge on any atom is 0.338 e. The second-order valence-electron chi connectivity index (χ2n) is 17.5. The van der Waals surface area contributed by atoms with Gasteiger partial charge >= 0.3 is 11.9 Å². The van der Waals surface area contributed by atoms with Gasteiger partial charge in [-0.2, -0.15) is 0 Å². The Morgan fingerprint density at radius 2 is 1.11 bits per heavy atom. The summed E-state index contributed by atoms with van der Waals surface area (Å²) in [5.74, 6) is -2.85. The van der Waals surface area contributed by atoms with Gasteiger partial charge in [0.2, 0.25) is 6.04 Å². The van der Waals surface area contributed by atoms with Gasteiger partial charge in [-0.3, -0.25) is 14.4 Å². The predicted octanol–water partition coefficient (Wildman–Crippen LogP) is 14.7. The lowest BCUT2D eigenvalue weighted by Crippen LogP contribution is -2.37. The van der Waals surface area contributed by atoms with Crippen LogP contribution in [0.1, 0.15) is 177 Å². The van der Waals surface area contributed by atoms with E-state index in [1.807, 2.05) is 0 Å². The third-order valence-corrected chi connectivity index (χ3v) is 13.6. The van der Waals surface area contributed by atoms with Gasteiger partial charge in [-0.05, 0) is 73.4 Å². The molecule has 384 valence electrons. The Hall–Kier alpha value is -4.18. The molecule has 2 unspecified atom stereocenters. The van der Waals surface area contributed by atoms with Crippen LogP contribution in [0.5, 0.6) is 0 Å². The Labute approximate surface area is 434 Å². The number of nitrogens with one attached hydrogen (secondary N) is 2. The minimum absolute atomic E-state index is 0.00880. The van der Waals surface area contributed by atoms with Crippen molar-refractivity contribution in [3.05, 3.63) is 98.6 Å². The number of carbonyl (C=O) groups is 4. The van der Waals surface area contributed by atoms with E-state index in [1.165, 1.54) is 108 Å². The number of halogens is 3. The number of rotatable bonds is 36. The summed E-state index contributed by atoms with van der Waals surface area (Å²) in [5, 5.41) is 13.8.